The van der Waals surface area contributed by atoms with Gasteiger partial charge in [0.2, 0.25) is 6.10 Å². The van der Waals surface area contributed by atoms with Crippen LogP contribution in [0.5, 0.6) is 11.5 Å². The Morgan fingerprint density at radius 3 is 2.92 bits per heavy atom. The molecule has 8 nitrogen and oxygen atoms in total. The first-order chi connectivity index (χ1) is 12.4. The maximum absolute atomic E-state index is 12.9. The Bertz CT molecular complexity index is 828. The Labute approximate surface area is 148 Å². The number of amides is 2. The fourth-order valence-electron chi connectivity index (χ4n) is 2.42. The molecule has 1 atom stereocenters. The summed E-state index contributed by atoms with van der Waals surface area (Å²) in [5.41, 5.74) is 5.99. The van der Waals surface area contributed by atoms with Crippen LogP contribution in [0.3, 0.4) is 0 Å². The van der Waals surface area contributed by atoms with Crippen LogP contribution in [0.1, 0.15) is 5.69 Å². The maximum atomic E-state index is 12.9. The summed E-state index contributed by atoms with van der Waals surface area (Å²) in [4.78, 5) is 28.5. The predicted molar refractivity (Wildman–Crippen MR) is 88.3 cm³/mol. The molecule has 2 aromatic rings. The van der Waals surface area contributed by atoms with E-state index >= 15 is 0 Å². The number of ether oxygens (including phenoxy) is 3. The number of likely N-dealkylation sites (N-methyl/N-ethyl adjacent to an activating group) is 1. The van der Waals surface area contributed by atoms with Crippen LogP contribution < -0.4 is 20.1 Å². The van der Waals surface area contributed by atoms with Gasteiger partial charge < -0.3 is 24.8 Å². The number of nitrogens with zero attached hydrogens (tertiary/aromatic N) is 2. The molecule has 0 aliphatic carbocycles. The average Bonchev–Trinajstić information content (AvgIpc) is 2.73. The third kappa shape index (κ3) is 3.82. The summed E-state index contributed by atoms with van der Waals surface area (Å²) in [5, 5.41) is 0. The lowest BCUT2D eigenvalue weighted by Gasteiger charge is -2.19. The third-order valence-electron chi connectivity index (χ3n) is 3.72. The van der Waals surface area contributed by atoms with Crippen molar-refractivity contribution in [3.8, 4) is 11.5 Å². The molecule has 0 spiro atoms. The van der Waals surface area contributed by atoms with Gasteiger partial charge in [0.1, 0.15) is 30.5 Å². The van der Waals surface area contributed by atoms with Crippen LogP contribution in [0.4, 0.5) is 14.9 Å². The van der Waals surface area contributed by atoms with Gasteiger partial charge in [0.05, 0.1) is 17.6 Å². The van der Waals surface area contributed by atoms with Crippen molar-refractivity contribution in [1.29, 1.82) is 0 Å². The summed E-state index contributed by atoms with van der Waals surface area (Å²) in [6.45, 7) is -0.0101. The van der Waals surface area contributed by atoms with Crippen LogP contribution in [0, 0.1) is 5.82 Å². The minimum absolute atomic E-state index is 0.130. The van der Waals surface area contributed by atoms with E-state index in [4.69, 9.17) is 19.9 Å². The molecule has 0 saturated carbocycles. The molecule has 1 aliphatic rings. The normalized spacial score (nSPS) is 16.3. The lowest BCUT2D eigenvalue weighted by atomic mass is 10.2. The zero-order valence-corrected chi connectivity index (χ0v) is 13.8. The number of halogens is 1. The van der Waals surface area contributed by atoms with Crippen LogP contribution in [-0.2, 0) is 16.1 Å². The summed E-state index contributed by atoms with van der Waals surface area (Å²) in [6.07, 6.45) is -1.07. The van der Waals surface area contributed by atoms with Crippen molar-refractivity contribution in [3.63, 3.8) is 0 Å². The fraction of sp³-hybridized carbons (Fsp3) is 0.235. The summed E-state index contributed by atoms with van der Waals surface area (Å²) in [5.74, 6) is -0.000209. The lowest BCUT2D eigenvalue weighted by molar-refractivity contribution is -0.127. The van der Waals surface area contributed by atoms with Gasteiger partial charge in [-0.2, -0.15) is 0 Å². The molecule has 2 N–H and O–H groups in total. The van der Waals surface area contributed by atoms with Gasteiger partial charge in [-0.05, 0) is 24.3 Å². The number of pyridine rings is 1. The molecule has 3 rings (SSSR count). The fourth-order valence-corrected chi connectivity index (χ4v) is 2.42. The van der Waals surface area contributed by atoms with Crippen molar-refractivity contribution in [1.82, 2.24) is 4.98 Å². The van der Waals surface area contributed by atoms with E-state index in [0.717, 1.165) is 6.20 Å². The SMILES string of the molecule is CN1C(=O)[C@@H](OC(N)=O)COc2ccc(OCc3ccc(F)cn3)cc21. The first kappa shape index (κ1) is 17.5. The summed E-state index contributed by atoms with van der Waals surface area (Å²) < 4.78 is 28.8. The molecule has 2 heterocycles. The topological polar surface area (TPSA) is 104 Å². The highest BCUT2D eigenvalue weighted by Crippen LogP contribution is 2.34. The van der Waals surface area contributed by atoms with Gasteiger partial charge in [0, 0.05) is 13.1 Å². The molecule has 0 radical (unpaired) electrons. The minimum atomic E-state index is -1.13. The molecular formula is C17H16FN3O5. The van der Waals surface area contributed by atoms with E-state index in [1.807, 2.05) is 0 Å². The van der Waals surface area contributed by atoms with Crippen molar-refractivity contribution in [2.45, 2.75) is 12.7 Å². The van der Waals surface area contributed by atoms with E-state index in [0.29, 0.717) is 22.9 Å². The molecule has 1 aliphatic heterocycles. The second-order valence-electron chi connectivity index (χ2n) is 5.52. The van der Waals surface area contributed by atoms with Crippen molar-refractivity contribution in [2.75, 3.05) is 18.6 Å². The second-order valence-corrected chi connectivity index (χ2v) is 5.52. The second kappa shape index (κ2) is 7.26. The number of carbonyl (C=O) groups is 2. The first-order valence-electron chi connectivity index (χ1n) is 7.68. The Morgan fingerprint density at radius 2 is 2.23 bits per heavy atom. The Balaban J connectivity index is 1.75. The summed E-state index contributed by atoms with van der Waals surface area (Å²) in [7, 11) is 1.53. The molecule has 0 saturated heterocycles. The maximum Gasteiger partial charge on any atom is 0.405 e. The number of hydrogen-bond acceptors (Lipinski definition) is 6. The number of hydrogen-bond donors (Lipinski definition) is 1. The number of carbonyl (C=O) groups excluding carboxylic acids is 2. The molecule has 9 heteroatoms. The predicted octanol–water partition coefficient (Wildman–Crippen LogP) is 1.62. The van der Waals surface area contributed by atoms with Gasteiger partial charge in [-0.25, -0.2) is 9.18 Å². The molecule has 1 aromatic carbocycles. The van der Waals surface area contributed by atoms with Crippen molar-refractivity contribution < 1.29 is 28.2 Å². The Hall–Kier alpha value is -3.36. The molecule has 0 unspecified atom stereocenters. The van der Waals surface area contributed by atoms with Crippen LogP contribution in [-0.4, -0.2) is 36.7 Å². The van der Waals surface area contributed by atoms with Crippen LogP contribution in [0.2, 0.25) is 0 Å². The van der Waals surface area contributed by atoms with Crippen LogP contribution >= 0.6 is 0 Å². The highest BCUT2D eigenvalue weighted by atomic mass is 19.1. The van der Waals surface area contributed by atoms with E-state index in [2.05, 4.69) is 4.98 Å². The first-order valence-corrected chi connectivity index (χ1v) is 7.68. The zero-order valence-electron chi connectivity index (χ0n) is 13.8. The Kier molecular flexibility index (Phi) is 4.87. The molecule has 2 amide bonds. The zero-order chi connectivity index (χ0) is 18.7. The van der Waals surface area contributed by atoms with E-state index in [1.165, 1.54) is 24.1 Å². The number of aromatic nitrogens is 1. The van der Waals surface area contributed by atoms with Crippen molar-refractivity contribution >= 4 is 17.7 Å². The standard InChI is InChI=1S/C17H16FN3O5/c1-21-13-6-12(24-8-11-3-2-10(18)7-20-11)4-5-14(13)25-9-15(16(21)22)26-17(19)23/h2-7,15H,8-9H2,1H3,(H2,19,23)/t15-/m0/s1. The van der Waals surface area contributed by atoms with Gasteiger partial charge in [-0.1, -0.05) is 0 Å². The van der Waals surface area contributed by atoms with E-state index in [1.54, 1.807) is 18.2 Å². The van der Waals surface area contributed by atoms with E-state index < -0.39 is 23.9 Å². The number of anilines is 1. The van der Waals surface area contributed by atoms with E-state index in [9.17, 15) is 14.0 Å². The molecule has 0 bridgehead atoms. The van der Waals surface area contributed by atoms with Crippen LogP contribution in [0.25, 0.3) is 0 Å². The van der Waals surface area contributed by atoms with Crippen molar-refractivity contribution in [2.24, 2.45) is 5.73 Å². The van der Waals surface area contributed by atoms with Gasteiger partial charge >= 0.3 is 6.09 Å². The molecule has 1 aromatic heterocycles. The molecule has 26 heavy (non-hydrogen) atoms. The van der Waals surface area contributed by atoms with Crippen LogP contribution in [0.15, 0.2) is 36.5 Å². The highest BCUT2D eigenvalue weighted by molar-refractivity contribution is 5.99. The quantitative estimate of drug-likeness (QED) is 0.887. The number of primary amides is 1. The molecular weight excluding hydrogens is 345 g/mol. The average molecular weight is 361 g/mol. The number of benzene rings is 1. The lowest BCUT2D eigenvalue weighted by Crippen LogP contribution is -2.41. The summed E-state index contributed by atoms with van der Waals surface area (Å²) >= 11 is 0. The van der Waals surface area contributed by atoms with Crippen molar-refractivity contribution in [3.05, 3.63) is 48.0 Å². The monoisotopic (exact) mass is 361 g/mol. The number of nitrogens with two attached hydrogens (primary N) is 1. The largest absolute Gasteiger partial charge is 0.487 e. The van der Waals surface area contributed by atoms with Gasteiger partial charge in [-0.15, -0.1) is 0 Å². The smallest absolute Gasteiger partial charge is 0.405 e. The highest BCUT2D eigenvalue weighted by Gasteiger charge is 2.32. The van der Waals surface area contributed by atoms with Gasteiger partial charge in [-0.3, -0.25) is 9.78 Å². The Morgan fingerprint density at radius 1 is 1.42 bits per heavy atom. The minimum Gasteiger partial charge on any atom is -0.487 e. The number of fused-ring (bicyclic) bond motifs is 1. The third-order valence-corrected chi connectivity index (χ3v) is 3.72. The van der Waals surface area contributed by atoms with Gasteiger partial charge in [0.25, 0.3) is 5.91 Å². The van der Waals surface area contributed by atoms with Gasteiger partial charge in [0.15, 0.2) is 0 Å². The number of rotatable bonds is 4. The molecule has 0 fully saturated rings. The summed E-state index contributed by atoms with van der Waals surface area (Å²) in [6, 6.07) is 7.73. The van der Waals surface area contributed by atoms with E-state index in [-0.39, 0.29) is 13.2 Å². The molecule has 136 valence electrons.